The van der Waals surface area contributed by atoms with E-state index in [0.29, 0.717) is 53.5 Å². The van der Waals surface area contributed by atoms with Crippen LogP contribution in [0.3, 0.4) is 0 Å². The number of hydrogen-bond acceptors (Lipinski definition) is 8. The molecule has 1 heterocycles. The van der Waals surface area contributed by atoms with Gasteiger partial charge in [-0.15, -0.1) is 6.58 Å². The van der Waals surface area contributed by atoms with Crippen LogP contribution in [0, 0.1) is 10.1 Å². The van der Waals surface area contributed by atoms with Crippen molar-refractivity contribution in [3.8, 4) is 11.5 Å². The molecule has 0 saturated carbocycles. The Morgan fingerprint density at radius 3 is 2.69 bits per heavy atom. The van der Waals surface area contributed by atoms with Crippen LogP contribution in [0.25, 0.3) is 6.08 Å². The van der Waals surface area contributed by atoms with Crippen molar-refractivity contribution in [3.63, 3.8) is 0 Å². The first-order valence-corrected chi connectivity index (χ1v) is 11.6. The van der Waals surface area contributed by atoms with Crippen LogP contribution in [0.2, 0.25) is 0 Å². The largest absolute Gasteiger partial charge is 0.493 e. The van der Waals surface area contributed by atoms with Crippen molar-refractivity contribution >= 4 is 34.7 Å². The van der Waals surface area contributed by atoms with Gasteiger partial charge in [0.2, 0.25) is 0 Å². The number of carbonyl (C=O) groups is 2. The van der Waals surface area contributed by atoms with Gasteiger partial charge in [-0.1, -0.05) is 18.2 Å². The van der Waals surface area contributed by atoms with E-state index in [1.54, 1.807) is 37.5 Å². The molecule has 0 bridgehead atoms. The highest BCUT2D eigenvalue weighted by molar-refractivity contribution is 8.18. The maximum absolute atomic E-state index is 12.7. The molecular weight excluding hydrogens is 472 g/mol. The molecule has 3 rings (SSSR count). The molecule has 184 valence electrons. The normalized spacial score (nSPS) is 14.5. The number of hydrogen-bond donors (Lipinski definition) is 0. The molecule has 0 aromatic heterocycles. The molecule has 2 aromatic rings. The summed E-state index contributed by atoms with van der Waals surface area (Å²) in [5.74, 6) is 0.565. The summed E-state index contributed by atoms with van der Waals surface area (Å²) < 4.78 is 16.5. The van der Waals surface area contributed by atoms with Crippen LogP contribution in [-0.2, 0) is 22.6 Å². The number of benzene rings is 2. The van der Waals surface area contributed by atoms with Gasteiger partial charge in [0.15, 0.2) is 11.5 Å². The molecule has 0 radical (unpaired) electrons. The number of thioether (sulfide) groups is 1. The predicted octanol–water partition coefficient (Wildman–Crippen LogP) is 4.98. The molecule has 1 aliphatic rings. The number of rotatable bonds is 12. The standard InChI is InChI=1S/C25H26N2O7S/c1-4-7-19-12-18(15-22-24(28)26(25(29)35-22)10-6-11-32-2)14-21(33-3)23(19)34-16-17-8-5-9-20(13-17)27(30)31/h4-5,8-9,12-15H,1,6-7,10-11,16H2,2-3H3/b22-15+. The average Bonchev–Trinajstić information content (AvgIpc) is 3.10. The zero-order valence-corrected chi connectivity index (χ0v) is 20.3. The molecule has 9 nitrogen and oxygen atoms in total. The minimum absolute atomic E-state index is 0.0177. The summed E-state index contributed by atoms with van der Waals surface area (Å²) >= 11 is 0.893. The van der Waals surface area contributed by atoms with Crippen LogP contribution in [0.5, 0.6) is 11.5 Å². The lowest BCUT2D eigenvalue weighted by atomic mass is 10.0. The molecule has 0 spiro atoms. The average molecular weight is 499 g/mol. The highest BCUT2D eigenvalue weighted by atomic mass is 32.2. The lowest BCUT2D eigenvalue weighted by Crippen LogP contribution is -2.29. The monoisotopic (exact) mass is 498 g/mol. The van der Waals surface area contributed by atoms with Gasteiger partial charge >= 0.3 is 0 Å². The molecular formula is C25H26N2O7S. The van der Waals surface area contributed by atoms with Crippen molar-refractivity contribution in [2.24, 2.45) is 0 Å². The second kappa shape index (κ2) is 12.2. The van der Waals surface area contributed by atoms with Gasteiger partial charge in [0, 0.05) is 38.0 Å². The van der Waals surface area contributed by atoms with Gasteiger partial charge in [-0.25, -0.2) is 0 Å². The minimum Gasteiger partial charge on any atom is -0.493 e. The number of nitro groups is 1. The molecule has 35 heavy (non-hydrogen) atoms. The highest BCUT2D eigenvalue weighted by Gasteiger charge is 2.34. The number of imide groups is 1. The fourth-order valence-corrected chi connectivity index (χ4v) is 4.38. The first-order chi connectivity index (χ1) is 16.9. The van der Waals surface area contributed by atoms with Crippen LogP contribution >= 0.6 is 11.8 Å². The van der Waals surface area contributed by atoms with Gasteiger partial charge in [0.25, 0.3) is 16.8 Å². The second-order valence-electron chi connectivity index (χ2n) is 7.60. The van der Waals surface area contributed by atoms with E-state index >= 15 is 0 Å². The highest BCUT2D eigenvalue weighted by Crippen LogP contribution is 2.37. The van der Waals surface area contributed by atoms with Gasteiger partial charge in [0.05, 0.1) is 16.9 Å². The van der Waals surface area contributed by atoms with Crippen LogP contribution in [0.1, 0.15) is 23.1 Å². The third-order valence-corrected chi connectivity index (χ3v) is 6.05. The number of nitrogens with zero attached hydrogens (tertiary/aromatic N) is 2. The van der Waals surface area contributed by atoms with E-state index in [0.717, 1.165) is 17.3 Å². The van der Waals surface area contributed by atoms with E-state index in [9.17, 15) is 19.7 Å². The van der Waals surface area contributed by atoms with E-state index in [1.807, 2.05) is 6.07 Å². The number of ether oxygens (including phenoxy) is 3. The predicted molar refractivity (Wildman–Crippen MR) is 133 cm³/mol. The van der Waals surface area contributed by atoms with Crippen molar-refractivity contribution in [2.75, 3.05) is 27.4 Å². The smallest absolute Gasteiger partial charge is 0.293 e. The summed E-state index contributed by atoms with van der Waals surface area (Å²) in [6.07, 6.45) is 4.39. The van der Waals surface area contributed by atoms with Crippen molar-refractivity contribution in [1.29, 1.82) is 0 Å². The summed E-state index contributed by atoms with van der Waals surface area (Å²) in [5, 5.41) is 10.7. The zero-order valence-electron chi connectivity index (χ0n) is 19.5. The third kappa shape index (κ3) is 6.49. The fourth-order valence-electron chi connectivity index (χ4n) is 3.52. The topological polar surface area (TPSA) is 108 Å². The van der Waals surface area contributed by atoms with Gasteiger partial charge in [-0.2, -0.15) is 0 Å². The minimum atomic E-state index is -0.457. The van der Waals surface area contributed by atoms with Gasteiger partial charge in [-0.3, -0.25) is 24.6 Å². The molecule has 2 amide bonds. The molecule has 0 aliphatic carbocycles. The molecule has 10 heteroatoms. The summed E-state index contributed by atoms with van der Waals surface area (Å²) in [6.45, 7) is 4.65. The SMILES string of the molecule is C=CCc1cc(/C=C2/SC(=O)N(CCCOC)C2=O)cc(OC)c1OCc1cccc([N+](=O)[O-])c1. The Kier molecular flexibility index (Phi) is 9.04. The number of nitro benzene ring substituents is 1. The number of amides is 2. The van der Waals surface area contributed by atoms with Crippen LogP contribution < -0.4 is 9.47 Å². The Balaban J connectivity index is 1.86. The van der Waals surface area contributed by atoms with Crippen molar-refractivity contribution in [1.82, 2.24) is 4.90 Å². The van der Waals surface area contributed by atoms with Crippen LogP contribution in [0.4, 0.5) is 10.5 Å². The summed E-state index contributed by atoms with van der Waals surface area (Å²) in [4.78, 5) is 37.2. The Morgan fingerprint density at radius 1 is 1.20 bits per heavy atom. The maximum atomic E-state index is 12.7. The van der Waals surface area contributed by atoms with Gasteiger partial charge in [0.1, 0.15) is 6.61 Å². The second-order valence-corrected chi connectivity index (χ2v) is 8.59. The molecule has 1 aliphatic heterocycles. The third-order valence-electron chi connectivity index (χ3n) is 5.14. The summed E-state index contributed by atoms with van der Waals surface area (Å²) in [7, 11) is 3.07. The van der Waals surface area contributed by atoms with Gasteiger partial charge in [-0.05, 0) is 53.9 Å². The Bertz CT molecular complexity index is 1160. The van der Waals surface area contributed by atoms with E-state index in [2.05, 4.69) is 6.58 Å². The summed E-state index contributed by atoms with van der Waals surface area (Å²) in [5.41, 5.74) is 2.05. The van der Waals surface area contributed by atoms with Crippen LogP contribution in [0.15, 0.2) is 54.0 Å². The molecule has 1 fully saturated rings. The first kappa shape index (κ1) is 26.0. The Labute approximate surface area is 207 Å². The van der Waals surface area contributed by atoms with E-state index < -0.39 is 4.92 Å². The zero-order chi connectivity index (χ0) is 25.4. The van der Waals surface area contributed by atoms with Gasteiger partial charge < -0.3 is 14.2 Å². The Morgan fingerprint density at radius 2 is 2.00 bits per heavy atom. The van der Waals surface area contributed by atoms with Crippen molar-refractivity contribution in [2.45, 2.75) is 19.4 Å². The molecule has 0 unspecified atom stereocenters. The molecule has 2 aromatic carbocycles. The number of non-ortho nitro benzene ring substituents is 1. The van der Waals surface area contributed by atoms with Crippen molar-refractivity contribution < 1.29 is 28.7 Å². The maximum Gasteiger partial charge on any atom is 0.293 e. The van der Waals surface area contributed by atoms with E-state index in [4.69, 9.17) is 14.2 Å². The molecule has 0 N–H and O–H groups in total. The van der Waals surface area contributed by atoms with E-state index in [1.165, 1.54) is 24.1 Å². The number of allylic oxidation sites excluding steroid dienone is 1. The number of methoxy groups -OCH3 is 2. The number of carbonyl (C=O) groups excluding carboxylic acids is 2. The first-order valence-electron chi connectivity index (χ1n) is 10.8. The summed E-state index contributed by atoms with van der Waals surface area (Å²) in [6, 6.07) is 9.77. The quantitative estimate of drug-likeness (QED) is 0.132. The lowest BCUT2D eigenvalue weighted by molar-refractivity contribution is -0.384. The van der Waals surface area contributed by atoms with E-state index in [-0.39, 0.29) is 23.4 Å². The van der Waals surface area contributed by atoms with Crippen LogP contribution in [-0.4, -0.2) is 48.3 Å². The lowest BCUT2D eigenvalue weighted by Gasteiger charge is -2.16. The molecule has 0 atom stereocenters. The van der Waals surface area contributed by atoms with Crippen molar-refractivity contribution in [3.05, 3.63) is 80.8 Å². The Hall–Kier alpha value is -3.63. The molecule has 1 saturated heterocycles. The fraction of sp³-hybridized carbons (Fsp3) is 0.280.